The molecule has 0 atom stereocenters. The Morgan fingerprint density at radius 3 is 2.72 bits per heavy atom. The quantitative estimate of drug-likeness (QED) is 0.896. The Morgan fingerprint density at radius 1 is 1.44 bits per heavy atom. The standard InChI is InChI=1S/C13H15N3O2/c1-15(2)16-11-6-5-9(13(17)18)7-10(11)14-12(16)8-3-4-8/h5-8H,3-4H2,1-2H3,(H,17,18). The van der Waals surface area contributed by atoms with E-state index in [9.17, 15) is 4.79 Å². The lowest BCUT2D eigenvalue weighted by Gasteiger charge is -2.18. The average Bonchev–Trinajstić information content (AvgIpc) is 3.08. The average molecular weight is 245 g/mol. The summed E-state index contributed by atoms with van der Waals surface area (Å²) < 4.78 is 2.07. The first kappa shape index (κ1) is 11.1. The minimum absolute atomic E-state index is 0.285. The van der Waals surface area contributed by atoms with Crippen LogP contribution in [0, 0.1) is 0 Å². The summed E-state index contributed by atoms with van der Waals surface area (Å²) in [5.74, 6) is 0.648. The van der Waals surface area contributed by atoms with E-state index in [0.29, 0.717) is 5.92 Å². The smallest absolute Gasteiger partial charge is 0.335 e. The van der Waals surface area contributed by atoms with E-state index in [0.717, 1.165) is 16.9 Å². The largest absolute Gasteiger partial charge is 0.478 e. The molecule has 1 N–H and O–H groups in total. The van der Waals surface area contributed by atoms with E-state index in [1.165, 1.54) is 12.8 Å². The van der Waals surface area contributed by atoms with Gasteiger partial charge in [-0.25, -0.2) is 14.5 Å². The Kier molecular flexibility index (Phi) is 2.29. The number of carbonyl (C=O) groups is 1. The van der Waals surface area contributed by atoms with Gasteiger partial charge in [0.05, 0.1) is 16.6 Å². The Labute approximate surface area is 105 Å². The number of fused-ring (bicyclic) bond motifs is 1. The fraction of sp³-hybridized carbons (Fsp3) is 0.385. The first-order valence-electron chi connectivity index (χ1n) is 6.01. The second kappa shape index (κ2) is 3.73. The molecule has 0 aliphatic heterocycles. The summed E-state index contributed by atoms with van der Waals surface area (Å²) in [4.78, 5) is 15.6. The molecule has 3 rings (SSSR count). The summed E-state index contributed by atoms with van der Waals surface area (Å²) in [7, 11) is 3.94. The molecule has 1 aliphatic carbocycles. The summed E-state index contributed by atoms with van der Waals surface area (Å²) >= 11 is 0. The third-order valence-corrected chi connectivity index (χ3v) is 3.25. The van der Waals surface area contributed by atoms with Crippen LogP contribution in [0.15, 0.2) is 18.2 Å². The summed E-state index contributed by atoms with van der Waals surface area (Å²) in [6, 6.07) is 5.10. The molecule has 94 valence electrons. The monoisotopic (exact) mass is 245 g/mol. The highest BCUT2D eigenvalue weighted by Gasteiger charge is 2.30. The van der Waals surface area contributed by atoms with E-state index in [1.807, 2.05) is 25.2 Å². The van der Waals surface area contributed by atoms with Crippen LogP contribution >= 0.6 is 0 Å². The lowest BCUT2D eigenvalue weighted by atomic mass is 10.2. The molecule has 1 aromatic carbocycles. The third kappa shape index (κ3) is 1.63. The van der Waals surface area contributed by atoms with Crippen molar-refractivity contribution in [2.45, 2.75) is 18.8 Å². The number of carboxylic acids is 1. The van der Waals surface area contributed by atoms with Crippen LogP contribution in [0.4, 0.5) is 0 Å². The summed E-state index contributed by atoms with van der Waals surface area (Å²) in [6.45, 7) is 0. The molecule has 18 heavy (non-hydrogen) atoms. The van der Waals surface area contributed by atoms with Gasteiger partial charge >= 0.3 is 5.97 Å². The van der Waals surface area contributed by atoms with Crippen molar-refractivity contribution in [2.24, 2.45) is 0 Å². The van der Waals surface area contributed by atoms with E-state index >= 15 is 0 Å². The molecular weight excluding hydrogens is 230 g/mol. The Hall–Kier alpha value is -2.04. The van der Waals surface area contributed by atoms with Crippen LogP contribution in [-0.2, 0) is 0 Å². The molecule has 0 spiro atoms. The Morgan fingerprint density at radius 2 is 2.17 bits per heavy atom. The molecule has 5 heteroatoms. The predicted molar refractivity (Wildman–Crippen MR) is 68.7 cm³/mol. The lowest BCUT2D eigenvalue weighted by molar-refractivity contribution is 0.0697. The Balaban J connectivity index is 2.23. The number of aromatic carboxylic acids is 1. The lowest BCUT2D eigenvalue weighted by Crippen LogP contribution is -2.26. The molecule has 0 amide bonds. The molecule has 1 aliphatic rings. The van der Waals surface area contributed by atoms with Crippen LogP contribution in [-0.4, -0.2) is 34.8 Å². The van der Waals surface area contributed by atoms with Gasteiger partial charge in [-0.15, -0.1) is 0 Å². The maximum Gasteiger partial charge on any atom is 0.335 e. The van der Waals surface area contributed by atoms with Gasteiger partial charge in [0.2, 0.25) is 0 Å². The van der Waals surface area contributed by atoms with Crippen molar-refractivity contribution >= 4 is 17.0 Å². The van der Waals surface area contributed by atoms with Gasteiger partial charge in [-0.05, 0) is 31.0 Å². The van der Waals surface area contributed by atoms with Crippen molar-refractivity contribution in [1.82, 2.24) is 9.66 Å². The third-order valence-electron chi connectivity index (χ3n) is 3.25. The van der Waals surface area contributed by atoms with Crippen LogP contribution in [0.3, 0.4) is 0 Å². The summed E-state index contributed by atoms with van der Waals surface area (Å²) in [6.07, 6.45) is 2.34. The van der Waals surface area contributed by atoms with Crippen molar-refractivity contribution in [1.29, 1.82) is 0 Å². The van der Waals surface area contributed by atoms with Crippen LogP contribution < -0.4 is 5.01 Å². The molecule has 2 aromatic rings. The molecule has 0 unspecified atom stereocenters. The molecule has 1 aromatic heterocycles. The normalized spacial score (nSPS) is 15.0. The van der Waals surface area contributed by atoms with Crippen molar-refractivity contribution in [3.63, 3.8) is 0 Å². The number of hydrogen-bond acceptors (Lipinski definition) is 3. The van der Waals surface area contributed by atoms with Gasteiger partial charge in [-0.3, -0.25) is 0 Å². The van der Waals surface area contributed by atoms with Crippen LogP contribution in [0.25, 0.3) is 11.0 Å². The summed E-state index contributed by atoms with van der Waals surface area (Å²) in [5.41, 5.74) is 2.01. The van der Waals surface area contributed by atoms with Crippen molar-refractivity contribution in [3.8, 4) is 0 Å². The number of aromatic nitrogens is 2. The van der Waals surface area contributed by atoms with Crippen molar-refractivity contribution in [3.05, 3.63) is 29.6 Å². The number of hydrogen-bond donors (Lipinski definition) is 1. The molecular formula is C13H15N3O2. The number of nitrogens with zero attached hydrogens (tertiary/aromatic N) is 3. The van der Waals surface area contributed by atoms with Gasteiger partial charge in [0.15, 0.2) is 0 Å². The highest BCUT2D eigenvalue weighted by molar-refractivity contribution is 5.92. The zero-order chi connectivity index (χ0) is 12.9. The number of benzene rings is 1. The molecule has 0 radical (unpaired) electrons. The van der Waals surface area contributed by atoms with Crippen molar-refractivity contribution < 1.29 is 9.90 Å². The minimum Gasteiger partial charge on any atom is -0.478 e. The van der Waals surface area contributed by atoms with Gasteiger partial charge in [0, 0.05) is 20.0 Å². The van der Waals surface area contributed by atoms with Gasteiger partial charge in [0.25, 0.3) is 0 Å². The van der Waals surface area contributed by atoms with Crippen LogP contribution in [0.1, 0.15) is 34.9 Å². The molecule has 1 heterocycles. The van der Waals surface area contributed by atoms with Crippen LogP contribution in [0.2, 0.25) is 0 Å². The summed E-state index contributed by atoms with van der Waals surface area (Å²) in [5, 5.41) is 11.0. The van der Waals surface area contributed by atoms with Gasteiger partial charge < -0.3 is 10.1 Å². The fourth-order valence-corrected chi connectivity index (χ4v) is 2.25. The maximum atomic E-state index is 11.0. The van der Waals surface area contributed by atoms with E-state index in [2.05, 4.69) is 9.66 Å². The van der Waals surface area contributed by atoms with E-state index in [-0.39, 0.29) is 5.56 Å². The SMILES string of the molecule is CN(C)n1c(C2CC2)nc2cc(C(=O)O)ccc21. The van der Waals surface area contributed by atoms with Crippen LogP contribution in [0.5, 0.6) is 0 Å². The number of carboxylic acid groups (broad SMARTS) is 1. The highest BCUT2D eigenvalue weighted by atomic mass is 16.4. The molecule has 5 nitrogen and oxygen atoms in total. The van der Waals surface area contributed by atoms with Gasteiger partial charge in [-0.2, -0.15) is 0 Å². The van der Waals surface area contributed by atoms with E-state index in [1.54, 1.807) is 12.1 Å². The van der Waals surface area contributed by atoms with E-state index < -0.39 is 5.97 Å². The minimum atomic E-state index is -0.913. The molecule has 0 bridgehead atoms. The number of imidazole rings is 1. The van der Waals surface area contributed by atoms with Gasteiger partial charge in [-0.1, -0.05) is 0 Å². The van der Waals surface area contributed by atoms with Crippen molar-refractivity contribution in [2.75, 3.05) is 19.1 Å². The Bertz CT molecular complexity index is 626. The predicted octanol–water partition coefficient (Wildman–Crippen LogP) is 1.81. The highest BCUT2D eigenvalue weighted by Crippen LogP contribution is 2.40. The maximum absolute atomic E-state index is 11.0. The first-order chi connectivity index (χ1) is 8.58. The number of rotatable bonds is 3. The second-order valence-electron chi connectivity index (χ2n) is 4.91. The zero-order valence-corrected chi connectivity index (χ0v) is 10.4. The molecule has 0 saturated heterocycles. The van der Waals surface area contributed by atoms with E-state index in [4.69, 9.17) is 5.11 Å². The topological polar surface area (TPSA) is 58.4 Å². The first-order valence-corrected chi connectivity index (χ1v) is 6.01. The fourth-order valence-electron chi connectivity index (χ4n) is 2.25. The van der Waals surface area contributed by atoms with Gasteiger partial charge in [0.1, 0.15) is 5.82 Å². The second-order valence-corrected chi connectivity index (χ2v) is 4.91. The molecule has 1 saturated carbocycles. The molecule has 1 fully saturated rings. The zero-order valence-electron chi connectivity index (χ0n) is 10.4.